The molecular weight excluding hydrogens is 439 g/mol. The van der Waals surface area contributed by atoms with Crippen LogP contribution in [0.1, 0.15) is 23.1 Å². The van der Waals surface area contributed by atoms with E-state index in [0.717, 1.165) is 6.08 Å². The van der Waals surface area contributed by atoms with Gasteiger partial charge in [-0.25, -0.2) is 4.79 Å². The minimum Gasteiger partial charge on any atom is -0.475 e. The van der Waals surface area contributed by atoms with Crippen molar-refractivity contribution in [1.82, 2.24) is 0 Å². The highest BCUT2D eigenvalue weighted by Gasteiger charge is 2.49. The van der Waals surface area contributed by atoms with Crippen molar-refractivity contribution in [2.24, 2.45) is 0 Å². The SMILES string of the molecule is Cc1cc2c(c(C)c1Cl)C=C(C(=O)OCOC(=O)CCO[N+](=O)[O-])C(C(F)(F)F)O2. The smallest absolute Gasteiger partial charge is 0.430 e. The second-order valence-corrected chi connectivity index (χ2v) is 6.43. The molecule has 1 aliphatic rings. The molecule has 1 aliphatic heterocycles. The van der Waals surface area contributed by atoms with Crippen LogP contribution in [0.2, 0.25) is 5.02 Å². The summed E-state index contributed by atoms with van der Waals surface area (Å²) in [5.41, 5.74) is 0.244. The first-order chi connectivity index (χ1) is 13.9. The van der Waals surface area contributed by atoms with E-state index in [9.17, 15) is 32.9 Å². The van der Waals surface area contributed by atoms with Crippen molar-refractivity contribution in [3.05, 3.63) is 43.5 Å². The van der Waals surface area contributed by atoms with E-state index in [1.54, 1.807) is 13.8 Å². The predicted molar refractivity (Wildman–Crippen MR) is 94.0 cm³/mol. The van der Waals surface area contributed by atoms with Crippen molar-refractivity contribution in [1.29, 1.82) is 0 Å². The van der Waals surface area contributed by atoms with Crippen molar-refractivity contribution in [2.45, 2.75) is 32.5 Å². The topological polar surface area (TPSA) is 114 Å². The predicted octanol–water partition coefficient (Wildman–Crippen LogP) is 3.31. The summed E-state index contributed by atoms with van der Waals surface area (Å²) in [6.07, 6.45) is -7.09. The zero-order valence-corrected chi connectivity index (χ0v) is 16.3. The molecule has 0 aromatic heterocycles. The van der Waals surface area contributed by atoms with E-state index in [1.165, 1.54) is 6.07 Å². The molecule has 0 aliphatic carbocycles. The van der Waals surface area contributed by atoms with Gasteiger partial charge in [-0.3, -0.25) is 4.79 Å². The summed E-state index contributed by atoms with van der Waals surface area (Å²) >= 11 is 6.11. The molecule has 0 spiro atoms. The Kier molecular flexibility index (Phi) is 7.13. The molecule has 1 aromatic carbocycles. The van der Waals surface area contributed by atoms with Crippen LogP contribution >= 0.6 is 11.6 Å². The molecule has 164 valence electrons. The highest BCUT2D eigenvalue weighted by Crippen LogP contribution is 2.41. The number of nitrogens with zero attached hydrogens (tertiary/aromatic N) is 1. The fourth-order valence-electron chi connectivity index (χ4n) is 2.55. The van der Waals surface area contributed by atoms with Crippen molar-refractivity contribution >= 4 is 29.6 Å². The third-order valence-electron chi connectivity index (χ3n) is 3.97. The maximum atomic E-state index is 13.4. The van der Waals surface area contributed by atoms with Gasteiger partial charge in [-0.1, -0.05) is 11.6 Å². The minimum atomic E-state index is -4.93. The highest BCUT2D eigenvalue weighted by atomic mass is 35.5. The number of ether oxygens (including phenoxy) is 3. The normalized spacial score (nSPS) is 15.4. The van der Waals surface area contributed by atoms with Crippen LogP contribution in [0.5, 0.6) is 5.75 Å². The number of fused-ring (bicyclic) bond motifs is 1. The lowest BCUT2D eigenvalue weighted by atomic mass is 9.96. The summed E-state index contributed by atoms with van der Waals surface area (Å²) in [6.45, 7) is 1.56. The fraction of sp³-hybridized carbons (Fsp3) is 0.412. The second-order valence-electron chi connectivity index (χ2n) is 6.06. The van der Waals surface area contributed by atoms with Crippen LogP contribution in [-0.2, 0) is 23.9 Å². The van der Waals surface area contributed by atoms with Gasteiger partial charge in [0.05, 0.1) is 12.0 Å². The molecule has 1 heterocycles. The van der Waals surface area contributed by atoms with Gasteiger partial charge in [0.15, 0.2) is 0 Å². The van der Waals surface area contributed by atoms with Crippen LogP contribution < -0.4 is 4.74 Å². The van der Waals surface area contributed by atoms with Gasteiger partial charge < -0.3 is 19.0 Å². The lowest BCUT2D eigenvalue weighted by Gasteiger charge is -2.29. The Hall–Kier alpha value is -3.02. The van der Waals surface area contributed by atoms with Crippen molar-refractivity contribution in [3.8, 4) is 5.75 Å². The average Bonchev–Trinajstić information content (AvgIpc) is 2.64. The van der Waals surface area contributed by atoms with Gasteiger partial charge in [0.25, 0.3) is 5.09 Å². The first-order valence-electron chi connectivity index (χ1n) is 8.26. The van der Waals surface area contributed by atoms with E-state index >= 15 is 0 Å². The molecule has 1 unspecified atom stereocenters. The monoisotopic (exact) mass is 453 g/mol. The molecule has 2 rings (SSSR count). The molecule has 0 N–H and O–H groups in total. The van der Waals surface area contributed by atoms with Gasteiger partial charge in [-0.05, 0) is 37.1 Å². The van der Waals surface area contributed by atoms with E-state index in [1.807, 2.05) is 0 Å². The largest absolute Gasteiger partial charge is 0.475 e. The number of rotatable bonds is 7. The van der Waals surface area contributed by atoms with Gasteiger partial charge in [0, 0.05) is 10.6 Å². The Labute approximate surface area is 172 Å². The summed E-state index contributed by atoms with van der Waals surface area (Å²) in [5, 5.41) is 9.15. The minimum absolute atomic E-state index is 0.0921. The third kappa shape index (κ3) is 5.53. The first-order valence-corrected chi connectivity index (χ1v) is 8.64. The molecule has 30 heavy (non-hydrogen) atoms. The standard InChI is InChI=1S/C17H15ClF3NO8/c1-8-5-12-10(9(2)14(8)18)6-11(15(30-12)17(19,20)21)16(24)28-7-27-13(23)3-4-29-22(25)26/h5-6,15H,3-4,7H2,1-2H3. The molecule has 0 saturated carbocycles. The van der Waals surface area contributed by atoms with Gasteiger partial charge in [-0.15, -0.1) is 10.1 Å². The zero-order chi connectivity index (χ0) is 22.6. The van der Waals surface area contributed by atoms with E-state index in [2.05, 4.69) is 14.3 Å². The molecule has 0 bridgehead atoms. The number of alkyl halides is 3. The maximum Gasteiger partial charge on any atom is 0.430 e. The molecule has 1 atom stereocenters. The number of carbonyl (C=O) groups is 2. The van der Waals surface area contributed by atoms with Gasteiger partial charge in [0.2, 0.25) is 12.9 Å². The fourth-order valence-corrected chi connectivity index (χ4v) is 2.71. The summed E-state index contributed by atoms with van der Waals surface area (Å²) in [4.78, 5) is 37.4. The van der Waals surface area contributed by atoms with Crippen molar-refractivity contribution in [3.63, 3.8) is 0 Å². The molecule has 1 aromatic rings. The van der Waals surface area contributed by atoms with Gasteiger partial charge >= 0.3 is 18.1 Å². The Bertz CT molecular complexity index is 900. The molecule has 0 fully saturated rings. The number of carbonyl (C=O) groups excluding carboxylic acids is 2. The lowest BCUT2D eigenvalue weighted by molar-refractivity contribution is -0.757. The van der Waals surface area contributed by atoms with Gasteiger partial charge in [-0.2, -0.15) is 13.2 Å². The number of hydrogen-bond donors (Lipinski definition) is 0. The lowest BCUT2D eigenvalue weighted by Crippen LogP contribution is -2.41. The Morgan fingerprint density at radius 2 is 1.97 bits per heavy atom. The summed E-state index contributed by atoms with van der Waals surface area (Å²) in [6, 6.07) is 1.33. The second kappa shape index (κ2) is 9.20. The van der Waals surface area contributed by atoms with Crippen LogP contribution in [0.15, 0.2) is 11.6 Å². The first kappa shape index (κ1) is 23.3. The third-order valence-corrected chi connectivity index (χ3v) is 4.55. The van der Waals surface area contributed by atoms with Crippen LogP contribution in [0.4, 0.5) is 13.2 Å². The highest BCUT2D eigenvalue weighted by molar-refractivity contribution is 6.32. The molecule has 0 saturated heterocycles. The molecule has 0 radical (unpaired) electrons. The quantitative estimate of drug-likeness (QED) is 0.267. The number of halogens is 4. The van der Waals surface area contributed by atoms with Crippen molar-refractivity contribution < 1.29 is 46.9 Å². The number of esters is 2. The molecule has 0 amide bonds. The van der Waals surface area contributed by atoms with Crippen LogP contribution in [0.3, 0.4) is 0 Å². The van der Waals surface area contributed by atoms with Gasteiger partial charge in [0.1, 0.15) is 12.4 Å². The average molecular weight is 454 g/mol. The van der Waals surface area contributed by atoms with Crippen LogP contribution in [-0.4, -0.2) is 42.7 Å². The van der Waals surface area contributed by atoms with E-state index in [-0.39, 0.29) is 11.3 Å². The Morgan fingerprint density at radius 1 is 1.30 bits per heavy atom. The summed E-state index contributed by atoms with van der Waals surface area (Å²) < 4.78 is 54.3. The molecular formula is C17H15ClF3NO8. The molecule has 13 heteroatoms. The maximum absolute atomic E-state index is 13.4. The number of hydrogen-bond acceptors (Lipinski definition) is 8. The number of benzene rings is 1. The van der Waals surface area contributed by atoms with Crippen LogP contribution in [0.25, 0.3) is 6.08 Å². The summed E-state index contributed by atoms with van der Waals surface area (Å²) in [7, 11) is 0. The Morgan fingerprint density at radius 3 is 2.57 bits per heavy atom. The van der Waals surface area contributed by atoms with Crippen LogP contribution in [0, 0.1) is 24.0 Å². The Balaban J connectivity index is 2.14. The number of aryl methyl sites for hydroxylation is 1. The van der Waals surface area contributed by atoms with Crippen molar-refractivity contribution in [2.75, 3.05) is 13.4 Å². The molecule has 9 nitrogen and oxygen atoms in total. The van der Waals surface area contributed by atoms with E-state index < -0.39 is 54.7 Å². The van der Waals surface area contributed by atoms with E-state index in [0.29, 0.717) is 16.1 Å². The summed E-state index contributed by atoms with van der Waals surface area (Å²) in [5.74, 6) is -2.53. The van der Waals surface area contributed by atoms with E-state index in [4.69, 9.17) is 16.3 Å². The zero-order valence-electron chi connectivity index (χ0n) is 15.6.